The first-order valence-electron chi connectivity index (χ1n) is 9.49. The van der Waals surface area contributed by atoms with Crippen molar-refractivity contribution in [1.82, 2.24) is 15.8 Å². The lowest BCUT2D eigenvalue weighted by Crippen LogP contribution is -2.45. The van der Waals surface area contributed by atoms with Gasteiger partial charge in [0, 0.05) is 37.0 Å². The number of benzene rings is 1. The number of hydrogen-bond acceptors (Lipinski definition) is 5. The van der Waals surface area contributed by atoms with E-state index in [1.807, 2.05) is 0 Å². The molecule has 28 heavy (non-hydrogen) atoms. The molecule has 2 aliphatic rings. The van der Waals surface area contributed by atoms with E-state index < -0.39 is 17.3 Å². The quantitative estimate of drug-likeness (QED) is 0.721. The first kappa shape index (κ1) is 19.8. The molecule has 0 bridgehead atoms. The molecule has 152 valence electrons. The van der Waals surface area contributed by atoms with Crippen molar-refractivity contribution in [3.05, 3.63) is 57.8 Å². The van der Waals surface area contributed by atoms with E-state index in [2.05, 4.69) is 33.3 Å². The minimum atomic E-state index is -4.35. The van der Waals surface area contributed by atoms with Gasteiger partial charge < -0.3 is 10.0 Å². The van der Waals surface area contributed by atoms with Crippen LogP contribution in [0.1, 0.15) is 34.9 Å². The summed E-state index contributed by atoms with van der Waals surface area (Å²) in [5.41, 5.74) is 5.43. The van der Waals surface area contributed by atoms with E-state index >= 15 is 0 Å². The molecule has 0 aliphatic carbocycles. The maximum absolute atomic E-state index is 12.8. The minimum Gasteiger partial charge on any atom is -0.385 e. The van der Waals surface area contributed by atoms with E-state index in [1.54, 1.807) is 11.3 Å². The van der Waals surface area contributed by atoms with Crippen molar-refractivity contribution in [1.29, 1.82) is 0 Å². The lowest BCUT2D eigenvalue weighted by molar-refractivity contribution is -0.137. The zero-order valence-corrected chi connectivity index (χ0v) is 16.2. The Labute approximate surface area is 166 Å². The predicted octanol–water partition coefficient (Wildman–Crippen LogP) is 3.52. The number of nitrogens with zero attached hydrogens (tertiary/aromatic N) is 1. The fourth-order valence-corrected chi connectivity index (χ4v) is 5.04. The van der Waals surface area contributed by atoms with Gasteiger partial charge >= 0.3 is 6.18 Å². The molecular weight excluding hydrogens is 387 g/mol. The molecule has 2 unspecified atom stereocenters. The number of likely N-dealkylation sites (tertiary alicyclic amines) is 1. The Morgan fingerprint density at radius 2 is 1.86 bits per heavy atom. The van der Waals surface area contributed by atoms with Gasteiger partial charge in [0.2, 0.25) is 0 Å². The van der Waals surface area contributed by atoms with Crippen LogP contribution in [0.25, 0.3) is 0 Å². The van der Waals surface area contributed by atoms with Gasteiger partial charge in [0.15, 0.2) is 0 Å². The highest BCUT2D eigenvalue weighted by Crippen LogP contribution is 2.36. The molecule has 3 N–H and O–H groups in total. The highest BCUT2D eigenvalue weighted by molar-refractivity contribution is 7.10. The second kappa shape index (κ2) is 7.76. The molecule has 0 saturated carbocycles. The molecule has 2 aromatic rings. The van der Waals surface area contributed by atoms with Gasteiger partial charge in [0.05, 0.1) is 17.2 Å². The third-order valence-corrected chi connectivity index (χ3v) is 6.82. The van der Waals surface area contributed by atoms with E-state index in [0.29, 0.717) is 24.3 Å². The second-order valence-electron chi connectivity index (χ2n) is 7.69. The summed E-state index contributed by atoms with van der Waals surface area (Å²) in [7, 11) is 0. The van der Waals surface area contributed by atoms with Crippen molar-refractivity contribution >= 4 is 11.3 Å². The molecule has 2 aliphatic heterocycles. The normalized spacial score (nSPS) is 25.9. The molecular formula is C20H24F3N3OS. The van der Waals surface area contributed by atoms with Gasteiger partial charge in [-0.25, -0.2) is 5.43 Å². The molecule has 8 heteroatoms. The molecule has 0 amide bonds. The van der Waals surface area contributed by atoms with Crippen LogP contribution in [-0.4, -0.2) is 36.2 Å². The van der Waals surface area contributed by atoms with Gasteiger partial charge in [-0.3, -0.25) is 5.43 Å². The zero-order valence-electron chi connectivity index (χ0n) is 15.4. The van der Waals surface area contributed by atoms with E-state index in [4.69, 9.17) is 0 Å². The van der Waals surface area contributed by atoms with Gasteiger partial charge in [-0.05, 0) is 42.0 Å². The Morgan fingerprint density at radius 3 is 2.46 bits per heavy atom. The standard InChI is InChI=1S/C20H24F3N3OS/c21-20(22,23)16-5-3-15(4-6-16)19(27)7-9-26(10-8-19)13-14-12-24-25-18(14)17-2-1-11-28-17/h1-6,11,14,18,24-25,27H,7-10,12-13H2. The smallest absolute Gasteiger partial charge is 0.385 e. The summed E-state index contributed by atoms with van der Waals surface area (Å²) >= 11 is 1.74. The summed E-state index contributed by atoms with van der Waals surface area (Å²) in [6.45, 7) is 3.27. The van der Waals surface area contributed by atoms with E-state index in [0.717, 1.165) is 38.3 Å². The average Bonchev–Trinajstić information content (AvgIpc) is 3.35. The number of alkyl halides is 3. The number of nitrogens with one attached hydrogen (secondary N) is 2. The molecule has 4 rings (SSSR count). The third-order valence-electron chi connectivity index (χ3n) is 5.87. The second-order valence-corrected chi connectivity index (χ2v) is 8.66. The molecule has 1 aromatic heterocycles. The fourth-order valence-electron chi connectivity index (χ4n) is 4.17. The largest absolute Gasteiger partial charge is 0.416 e. The van der Waals surface area contributed by atoms with Crippen LogP contribution in [0.5, 0.6) is 0 Å². The molecule has 0 radical (unpaired) electrons. The molecule has 1 aromatic carbocycles. The van der Waals surface area contributed by atoms with Crippen molar-refractivity contribution in [2.45, 2.75) is 30.7 Å². The number of halogens is 3. The number of hydrogen-bond donors (Lipinski definition) is 3. The Hall–Kier alpha value is -1.45. The van der Waals surface area contributed by atoms with Crippen molar-refractivity contribution in [2.75, 3.05) is 26.2 Å². The van der Waals surface area contributed by atoms with Gasteiger partial charge in [0.1, 0.15) is 0 Å². The zero-order chi connectivity index (χ0) is 19.8. The van der Waals surface area contributed by atoms with E-state index in [9.17, 15) is 18.3 Å². The van der Waals surface area contributed by atoms with Crippen LogP contribution < -0.4 is 10.9 Å². The lowest BCUT2D eigenvalue weighted by atomic mass is 9.83. The van der Waals surface area contributed by atoms with Gasteiger partial charge in [0.25, 0.3) is 0 Å². The Bertz CT molecular complexity index is 771. The van der Waals surface area contributed by atoms with Crippen molar-refractivity contribution in [2.24, 2.45) is 5.92 Å². The number of aliphatic hydroxyl groups is 1. The maximum Gasteiger partial charge on any atom is 0.416 e. The van der Waals surface area contributed by atoms with E-state index in [-0.39, 0.29) is 6.04 Å². The number of rotatable bonds is 4. The first-order valence-corrected chi connectivity index (χ1v) is 10.4. The van der Waals surface area contributed by atoms with Crippen LogP contribution in [0.15, 0.2) is 41.8 Å². The van der Waals surface area contributed by atoms with Gasteiger partial charge in [-0.1, -0.05) is 18.2 Å². The summed E-state index contributed by atoms with van der Waals surface area (Å²) in [5, 5.41) is 13.1. The van der Waals surface area contributed by atoms with Crippen LogP contribution in [0, 0.1) is 5.92 Å². The highest BCUT2D eigenvalue weighted by atomic mass is 32.1. The Balaban J connectivity index is 1.36. The van der Waals surface area contributed by atoms with Crippen molar-refractivity contribution in [3.8, 4) is 0 Å². The molecule has 0 spiro atoms. The Kier molecular flexibility index (Phi) is 5.50. The molecule has 2 atom stereocenters. The van der Waals surface area contributed by atoms with Gasteiger partial charge in [-0.15, -0.1) is 11.3 Å². The first-order chi connectivity index (χ1) is 13.4. The number of hydrazine groups is 1. The molecule has 2 saturated heterocycles. The lowest BCUT2D eigenvalue weighted by Gasteiger charge is -2.39. The summed E-state index contributed by atoms with van der Waals surface area (Å²) in [6.07, 6.45) is -3.31. The van der Waals surface area contributed by atoms with Crippen molar-refractivity contribution in [3.63, 3.8) is 0 Å². The number of piperidine rings is 1. The summed E-state index contributed by atoms with van der Waals surface area (Å²) in [5.74, 6) is 0.441. The van der Waals surface area contributed by atoms with Crippen LogP contribution in [0.2, 0.25) is 0 Å². The molecule has 3 heterocycles. The highest BCUT2D eigenvalue weighted by Gasteiger charge is 2.37. The minimum absolute atomic E-state index is 0.288. The topological polar surface area (TPSA) is 47.5 Å². The maximum atomic E-state index is 12.8. The fraction of sp³-hybridized carbons (Fsp3) is 0.500. The van der Waals surface area contributed by atoms with Crippen LogP contribution >= 0.6 is 11.3 Å². The SMILES string of the molecule is OC1(c2ccc(C(F)(F)F)cc2)CCN(CC2CNNC2c2cccs2)CC1. The molecule has 2 fully saturated rings. The third kappa shape index (κ3) is 4.11. The summed E-state index contributed by atoms with van der Waals surface area (Å²) in [4.78, 5) is 3.66. The van der Waals surface area contributed by atoms with Crippen LogP contribution in [0.4, 0.5) is 13.2 Å². The van der Waals surface area contributed by atoms with Gasteiger partial charge in [-0.2, -0.15) is 13.2 Å². The van der Waals surface area contributed by atoms with Crippen LogP contribution in [-0.2, 0) is 11.8 Å². The Morgan fingerprint density at radius 1 is 1.14 bits per heavy atom. The summed E-state index contributed by atoms with van der Waals surface area (Å²) < 4.78 is 38.3. The van der Waals surface area contributed by atoms with Crippen molar-refractivity contribution < 1.29 is 18.3 Å². The predicted molar refractivity (Wildman–Crippen MR) is 103 cm³/mol. The number of thiophene rings is 1. The average molecular weight is 411 g/mol. The monoisotopic (exact) mass is 411 g/mol. The van der Waals surface area contributed by atoms with E-state index in [1.165, 1.54) is 17.0 Å². The summed E-state index contributed by atoms with van der Waals surface area (Å²) in [6, 6.07) is 9.43. The van der Waals surface area contributed by atoms with Crippen LogP contribution in [0.3, 0.4) is 0 Å². The molecule has 4 nitrogen and oxygen atoms in total.